The third-order valence-electron chi connectivity index (χ3n) is 2.37. The third kappa shape index (κ3) is 2.58. The number of rotatable bonds is 1. The monoisotopic (exact) mass is 245 g/mol. The second-order valence-electron chi connectivity index (χ2n) is 3.42. The Balaban J connectivity index is 2.18. The van der Waals surface area contributed by atoms with Crippen LogP contribution < -0.4 is 5.32 Å². The maximum absolute atomic E-state index is 11.0. The lowest BCUT2D eigenvalue weighted by Gasteiger charge is -2.21. The smallest absolute Gasteiger partial charge is 0.224 e. The van der Waals surface area contributed by atoms with Crippen molar-refractivity contribution in [1.82, 2.24) is 15.3 Å². The zero-order valence-electron chi connectivity index (χ0n) is 7.83. The molecule has 1 aromatic rings. The van der Waals surface area contributed by atoms with E-state index in [2.05, 4.69) is 15.3 Å². The molecule has 1 amide bonds. The van der Waals surface area contributed by atoms with Gasteiger partial charge in [-0.25, -0.2) is 9.97 Å². The number of piperidine rings is 1. The van der Waals surface area contributed by atoms with E-state index in [1.807, 2.05) is 0 Å². The number of aromatic nitrogens is 2. The maximum Gasteiger partial charge on any atom is 0.224 e. The molecule has 1 aliphatic rings. The first-order valence-corrected chi connectivity index (χ1v) is 5.37. The molecule has 15 heavy (non-hydrogen) atoms. The topological polar surface area (TPSA) is 54.9 Å². The normalized spacial score (nSPS) is 21.2. The Morgan fingerprint density at radius 2 is 2.20 bits per heavy atom. The standard InChI is InChI=1S/C9H9Cl2N3O/c10-7-3-6(13-9(11)14-7)5-1-2-8(15)12-4-5/h3,5H,1-2,4H2,(H,12,15)/t5-/m1/s1. The van der Waals surface area contributed by atoms with Crippen molar-refractivity contribution >= 4 is 29.1 Å². The van der Waals surface area contributed by atoms with Gasteiger partial charge in [-0.05, 0) is 24.1 Å². The number of amides is 1. The highest BCUT2D eigenvalue weighted by atomic mass is 35.5. The van der Waals surface area contributed by atoms with Gasteiger partial charge in [0.1, 0.15) is 5.15 Å². The summed E-state index contributed by atoms with van der Waals surface area (Å²) < 4.78 is 0. The van der Waals surface area contributed by atoms with Gasteiger partial charge in [0.15, 0.2) is 0 Å². The van der Waals surface area contributed by atoms with Crippen molar-refractivity contribution in [2.45, 2.75) is 18.8 Å². The summed E-state index contributed by atoms with van der Waals surface area (Å²) >= 11 is 11.5. The predicted molar refractivity (Wildman–Crippen MR) is 57.0 cm³/mol. The SMILES string of the molecule is O=C1CC[C@@H](c2cc(Cl)nc(Cl)n2)CN1. The molecule has 0 unspecified atom stereocenters. The van der Waals surface area contributed by atoms with Crippen LogP contribution in [-0.4, -0.2) is 22.4 Å². The van der Waals surface area contributed by atoms with Crippen molar-refractivity contribution in [3.8, 4) is 0 Å². The molecule has 1 N–H and O–H groups in total. The van der Waals surface area contributed by atoms with Crippen LogP contribution in [0.25, 0.3) is 0 Å². The minimum absolute atomic E-state index is 0.0810. The van der Waals surface area contributed by atoms with Crippen molar-refractivity contribution in [1.29, 1.82) is 0 Å². The summed E-state index contributed by atoms with van der Waals surface area (Å²) in [6.07, 6.45) is 1.29. The molecule has 1 atom stereocenters. The van der Waals surface area contributed by atoms with Crippen molar-refractivity contribution in [2.75, 3.05) is 6.54 Å². The van der Waals surface area contributed by atoms with Gasteiger partial charge in [0.05, 0.1) is 5.69 Å². The average molecular weight is 246 g/mol. The summed E-state index contributed by atoms with van der Waals surface area (Å²) in [7, 11) is 0. The van der Waals surface area contributed by atoms with Gasteiger partial charge >= 0.3 is 0 Å². The van der Waals surface area contributed by atoms with Crippen molar-refractivity contribution in [3.05, 3.63) is 22.2 Å². The second kappa shape index (κ2) is 4.33. The van der Waals surface area contributed by atoms with E-state index in [9.17, 15) is 4.79 Å². The Kier molecular flexibility index (Phi) is 3.07. The van der Waals surface area contributed by atoms with Crippen molar-refractivity contribution in [3.63, 3.8) is 0 Å². The van der Waals surface area contributed by atoms with E-state index in [1.165, 1.54) is 0 Å². The lowest BCUT2D eigenvalue weighted by molar-refractivity contribution is -0.122. The Labute approximate surface area is 97.0 Å². The van der Waals surface area contributed by atoms with E-state index in [1.54, 1.807) is 6.07 Å². The quantitative estimate of drug-likeness (QED) is 0.607. The van der Waals surface area contributed by atoms with E-state index in [-0.39, 0.29) is 17.1 Å². The molecule has 0 bridgehead atoms. The highest BCUT2D eigenvalue weighted by Gasteiger charge is 2.21. The largest absolute Gasteiger partial charge is 0.355 e. The molecule has 2 rings (SSSR count). The van der Waals surface area contributed by atoms with Gasteiger partial charge in [0.25, 0.3) is 0 Å². The Bertz CT molecular complexity index is 367. The first kappa shape index (κ1) is 10.6. The first-order chi connectivity index (χ1) is 7.15. The lowest BCUT2D eigenvalue weighted by Crippen LogP contribution is -2.34. The van der Waals surface area contributed by atoms with Gasteiger partial charge in [-0.15, -0.1) is 0 Å². The third-order valence-corrected chi connectivity index (χ3v) is 2.73. The number of carbonyl (C=O) groups is 1. The molecule has 6 heteroatoms. The van der Waals surface area contributed by atoms with E-state index >= 15 is 0 Å². The molecule has 0 saturated carbocycles. The molecule has 0 aliphatic carbocycles. The number of nitrogens with one attached hydrogen (secondary N) is 1. The summed E-state index contributed by atoms with van der Waals surface area (Å²) in [6.45, 7) is 0.586. The average Bonchev–Trinajstić information content (AvgIpc) is 2.17. The second-order valence-corrected chi connectivity index (χ2v) is 4.15. The van der Waals surface area contributed by atoms with Crippen LogP contribution in [0.1, 0.15) is 24.5 Å². The number of hydrogen-bond donors (Lipinski definition) is 1. The summed E-state index contributed by atoms with van der Waals surface area (Å²) in [5.41, 5.74) is 0.792. The molecule has 4 nitrogen and oxygen atoms in total. The van der Waals surface area contributed by atoms with Gasteiger partial charge in [-0.2, -0.15) is 0 Å². The summed E-state index contributed by atoms with van der Waals surface area (Å²) in [5, 5.41) is 3.27. The van der Waals surface area contributed by atoms with E-state index in [0.717, 1.165) is 12.1 Å². The molecule has 1 saturated heterocycles. The Hall–Kier alpha value is -0.870. The van der Waals surface area contributed by atoms with Crippen LogP contribution in [0.5, 0.6) is 0 Å². The molecule has 2 heterocycles. The van der Waals surface area contributed by atoms with Crippen LogP contribution in [0.15, 0.2) is 6.07 Å². The minimum Gasteiger partial charge on any atom is -0.355 e. The summed E-state index contributed by atoms with van der Waals surface area (Å²) in [5.74, 6) is 0.262. The fraction of sp³-hybridized carbons (Fsp3) is 0.444. The van der Waals surface area contributed by atoms with Crippen LogP contribution in [0.3, 0.4) is 0 Å². The fourth-order valence-corrected chi connectivity index (χ4v) is 2.02. The predicted octanol–water partition coefficient (Wildman–Crippen LogP) is 1.78. The van der Waals surface area contributed by atoms with Crippen LogP contribution >= 0.6 is 23.2 Å². The minimum atomic E-state index is 0.0810. The van der Waals surface area contributed by atoms with Crippen molar-refractivity contribution in [2.24, 2.45) is 0 Å². The van der Waals surface area contributed by atoms with Crippen LogP contribution in [0.2, 0.25) is 10.4 Å². The molecular weight excluding hydrogens is 237 g/mol. The van der Waals surface area contributed by atoms with Crippen LogP contribution in [-0.2, 0) is 4.79 Å². The zero-order valence-corrected chi connectivity index (χ0v) is 9.35. The van der Waals surface area contributed by atoms with E-state index in [0.29, 0.717) is 18.1 Å². The molecular formula is C9H9Cl2N3O. The molecule has 0 aromatic carbocycles. The maximum atomic E-state index is 11.0. The van der Waals surface area contributed by atoms with Crippen molar-refractivity contribution < 1.29 is 4.79 Å². The molecule has 80 valence electrons. The Morgan fingerprint density at radius 3 is 2.80 bits per heavy atom. The lowest BCUT2D eigenvalue weighted by atomic mass is 9.96. The Morgan fingerprint density at radius 1 is 1.40 bits per heavy atom. The molecule has 1 fully saturated rings. The summed E-state index contributed by atoms with van der Waals surface area (Å²) in [4.78, 5) is 18.9. The number of nitrogens with zero attached hydrogens (tertiary/aromatic N) is 2. The van der Waals surface area contributed by atoms with Crippen LogP contribution in [0, 0.1) is 0 Å². The van der Waals surface area contributed by atoms with E-state index < -0.39 is 0 Å². The highest BCUT2D eigenvalue weighted by molar-refractivity contribution is 6.31. The molecule has 0 spiro atoms. The van der Waals surface area contributed by atoms with E-state index in [4.69, 9.17) is 23.2 Å². The summed E-state index contributed by atoms with van der Waals surface area (Å²) in [6, 6.07) is 1.69. The molecule has 1 aromatic heterocycles. The van der Waals surface area contributed by atoms with Gasteiger partial charge < -0.3 is 5.32 Å². The number of halogens is 2. The van der Waals surface area contributed by atoms with Gasteiger partial charge in [-0.3, -0.25) is 4.79 Å². The fourth-order valence-electron chi connectivity index (χ4n) is 1.60. The zero-order chi connectivity index (χ0) is 10.8. The van der Waals surface area contributed by atoms with Gasteiger partial charge in [0.2, 0.25) is 11.2 Å². The number of carbonyl (C=O) groups excluding carboxylic acids is 1. The molecule has 0 radical (unpaired) electrons. The van der Waals surface area contributed by atoms with Gasteiger partial charge in [0, 0.05) is 18.9 Å². The molecule has 1 aliphatic heterocycles. The van der Waals surface area contributed by atoms with Crippen LogP contribution in [0.4, 0.5) is 0 Å². The number of hydrogen-bond acceptors (Lipinski definition) is 3. The highest BCUT2D eigenvalue weighted by Crippen LogP contribution is 2.24. The van der Waals surface area contributed by atoms with Gasteiger partial charge in [-0.1, -0.05) is 11.6 Å². The first-order valence-electron chi connectivity index (χ1n) is 4.62.